The summed E-state index contributed by atoms with van der Waals surface area (Å²) in [7, 11) is 0. The number of aromatic nitrogens is 1. The van der Waals surface area contributed by atoms with E-state index in [1.165, 1.54) is 0 Å². The molecule has 1 amide bonds. The molecule has 5 heteroatoms. The van der Waals surface area contributed by atoms with Crippen LogP contribution in [0, 0.1) is 11.3 Å². The molecule has 2 heterocycles. The van der Waals surface area contributed by atoms with E-state index < -0.39 is 0 Å². The maximum atomic E-state index is 11.6. The Balaban J connectivity index is 1.59. The highest BCUT2D eigenvalue weighted by Crippen LogP contribution is 2.16. The Kier molecular flexibility index (Phi) is 4.53. The molecular formula is C18H18N4O. The predicted octanol–water partition coefficient (Wildman–Crippen LogP) is 2.69. The van der Waals surface area contributed by atoms with Gasteiger partial charge in [-0.25, -0.2) is 4.98 Å². The minimum absolute atomic E-state index is 0.245. The van der Waals surface area contributed by atoms with Crippen molar-refractivity contribution in [2.45, 2.75) is 25.9 Å². The van der Waals surface area contributed by atoms with Gasteiger partial charge >= 0.3 is 0 Å². The SMILES string of the molecule is N#Cc1cccnc1NCc1ccc(CN2CCCC2=O)cc1. The Morgan fingerprint density at radius 2 is 2.00 bits per heavy atom. The number of hydrogen-bond acceptors (Lipinski definition) is 4. The third kappa shape index (κ3) is 3.67. The molecule has 0 bridgehead atoms. The molecular weight excluding hydrogens is 288 g/mol. The van der Waals surface area contributed by atoms with Crippen molar-refractivity contribution >= 4 is 11.7 Å². The lowest BCUT2D eigenvalue weighted by Crippen LogP contribution is -2.23. The second-order valence-electron chi connectivity index (χ2n) is 5.60. The Morgan fingerprint density at radius 1 is 1.22 bits per heavy atom. The first-order valence-corrected chi connectivity index (χ1v) is 7.71. The van der Waals surface area contributed by atoms with E-state index in [0.717, 1.165) is 24.1 Å². The summed E-state index contributed by atoms with van der Waals surface area (Å²) in [5.41, 5.74) is 2.78. The van der Waals surface area contributed by atoms with Gasteiger partial charge in [-0.05, 0) is 29.7 Å². The van der Waals surface area contributed by atoms with Gasteiger partial charge in [0, 0.05) is 32.3 Å². The van der Waals surface area contributed by atoms with Crippen LogP contribution in [-0.4, -0.2) is 22.3 Å². The molecule has 0 aliphatic carbocycles. The van der Waals surface area contributed by atoms with Gasteiger partial charge in [0.1, 0.15) is 11.9 Å². The predicted molar refractivity (Wildman–Crippen MR) is 87.4 cm³/mol. The zero-order valence-electron chi connectivity index (χ0n) is 12.8. The standard InChI is InChI=1S/C18H18N4O/c19-11-16-3-1-9-20-18(16)21-12-14-5-7-15(8-6-14)13-22-10-2-4-17(22)23/h1,3,5-9H,2,4,10,12-13H2,(H,20,21). The van der Waals surface area contributed by atoms with E-state index in [1.54, 1.807) is 18.3 Å². The summed E-state index contributed by atoms with van der Waals surface area (Å²) in [5.74, 6) is 0.844. The second-order valence-corrected chi connectivity index (χ2v) is 5.60. The molecule has 0 spiro atoms. The zero-order valence-corrected chi connectivity index (χ0v) is 12.8. The minimum atomic E-state index is 0.245. The number of benzene rings is 1. The van der Waals surface area contributed by atoms with E-state index in [-0.39, 0.29) is 5.91 Å². The van der Waals surface area contributed by atoms with Gasteiger partial charge < -0.3 is 10.2 Å². The van der Waals surface area contributed by atoms with Crippen LogP contribution >= 0.6 is 0 Å². The summed E-state index contributed by atoms with van der Waals surface area (Å²) < 4.78 is 0. The molecule has 2 aromatic rings. The average molecular weight is 306 g/mol. The van der Waals surface area contributed by atoms with Crippen molar-refractivity contribution < 1.29 is 4.79 Å². The number of likely N-dealkylation sites (tertiary alicyclic amines) is 1. The van der Waals surface area contributed by atoms with Crippen LogP contribution in [0.25, 0.3) is 0 Å². The number of nitriles is 1. The summed E-state index contributed by atoms with van der Waals surface area (Å²) in [5, 5.41) is 12.2. The summed E-state index contributed by atoms with van der Waals surface area (Å²) >= 11 is 0. The van der Waals surface area contributed by atoms with Gasteiger partial charge in [0.05, 0.1) is 5.56 Å². The number of hydrogen-bond donors (Lipinski definition) is 1. The monoisotopic (exact) mass is 306 g/mol. The van der Waals surface area contributed by atoms with Gasteiger partial charge in [0.25, 0.3) is 0 Å². The summed E-state index contributed by atoms with van der Waals surface area (Å²) in [6.07, 6.45) is 3.30. The topological polar surface area (TPSA) is 69.0 Å². The normalized spacial score (nSPS) is 13.9. The van der Waals surface area contributed by atoms with Crippen LogP contribution in [0.4, 0.5) is 5.82 Å². The van der Waals surface area contributed by atoms with Crippen molar-refractivity contribution in [2.24, 2.45) is 0 Å². The quantitative estimate of drug-likeness (QED) is 0.922. The van der Waals surface area contributed by atoms with Crippen LogP contribution in [0.2, 0.25) is 0 Å². The number of rotatable bonds is 5. The molecule has 0 radical (unpaired) electrons. The molecule has 1 fully saturated rings. The molecule has 1 aliphatic heterocycles. The first-order chi connectivity index (χ1) is 11.3. The van der Waals surface area contributed by atoms with Crippen LogP contribution < -0.4 is 5.32 Å². The molecule has 1 aromatic heterocycles. The van der Waals surface area contributed by atoms with E-state index in [9.17, 15) is 4.79 Å². The van der Waals surface area contributed by atoms with E-state index >= 15 is 0 Å². The van der Waals surface area contributed by atoms with Crippen LogP contribution in [0.3, 0.4) is 0 Å². The summed E-state index contributed by atoms with van der Waals surface area (Å²) in [4.78, 5) is 17.7. The van der Waals surface area contributed by atoms with Crippen LogP contribution in [0.15, 0.2) is 42.6 Å². The number of pyridine rings is 1. The van der Waals surface area contributed by atoms with Crippen molar-refractivity contribution in [3.8, 4) is 6.07 Å². The fraction of sp³-hybridized carbons (Fsp3) is 0.278. The number of nitrogens with zero attached hydrogens (tertiary/aromatic N) is 3. The van der Waals surface area contributed by atoms with Crippen molar-refractivity contribution in [2.75, 3.05) is 11.9 Å². The van der Waals surface area contributed by atoms with Gasteiger partial charge in [0.15, 0.2) is 0 Å². The third-order valence-corrected chi connectivity index (χ3v) is 3.96. The molecule has 1 aromatic carbocycles. The number of amides is 1. The molecule has 1 N–H and O–H groups in total. The second kappa shape index (κ2) is 6.93. The van der Waals surface area contributed by atoms with E-state index in [0.29, 0.717) is 30.9 Å². The van der Waals surface area contributed by atoms with Gasteiger partial charge in [-0.15, -0.1) is 0 Å². The van der Waals surface area contributed by atoms with Crippen LogP contribution in [-0.2, 0) is 17.9 Å². The fourth-order valence-corrected chi connectivity index (χ4v) is 2.68. The molecule has 3 rings (SSSR count). The van der Waals surface area contributed by atoms with E-state index in [2.05, 4.69) is 16.4 Å². The molecule has 116 valence electrons. The summed E-state index contributed by atoms with van der Waals surface area (Å²) in [6, 6.07) is 13.8. The number of carbonyl (C=O) groups is 1. The largest absolute Gasteiger partial charge is 0.365 e. The smallest absolute Gasteiger partial charge is 0.222 e. The van der Waals surface area contributed by atoms with Crippen molar-refractivity contribution in [1.82, 2.24) is 9.88 Å². The first kappa shape index (κ1) is 15.0. The van der Waals surface area contributed by atoms with Crippen LogP contribution in [0.5, 0.6) is 0 Å². The Bertz CT molecular complexity index is 733. The highest BCUT2D eigenvalue weighted by molar-refractivity contribution is 5.78. The molecule has 0 unspecified atom stereocenters. The molecule has 5 nitrogen and oxygen atoms in total. The average Bonchev–Trinajstić information content (AvgIpc) is 2.99. The molecule has 0 saturated carbocycles. The molecule has 1 saturated heterocycles. The number of carbonyl (C=O) groups excluding carboxylic acids is 1. The minimum Gasteiger partial charge on any atom is -0.365 e. The lowest BCUT2D eigenvalue weighted by Gasteiger charge is -2.15. The van der Waals surface area contributed by atoms with Crippen molar-refractivity contribution in [3.63, 3.8) is 0 Å². The lowest BCUT2D eigenvalue weighted by molar-refractivity contribution is -0.128. The van der Waals surface area contributed by atoms with E-state index in [4.69, 9.17) is 5.26 Å². The summed E-state index contributed by atoms with van der Waals surface area (Å²) in [6.45, 7) is 2.15. The van der Waals surface area contributed by atoms with Crippen LogP contribution in [0.1, 0.15) is 29.5 Å². The molecule has 0 atom stereocenters. The van der Waals surface area contributed by atoms with Crippen molar-refractivity contribution in [3.05, 3.63) is 59.3 Å². The van der Waals surface area contributed by atoms with Crippen molar-refractivity contribution in [1.29, 1.82) is 5.26 Å². The third-order valence-electron chi connectivity index (χ3n) is 3.96. The Hall–Kier alpha value is -2.87. The molecule has 1 aliphatic rings. The molecule has 23 heavy (non-hydrogen) atoms. The number of nitrogens with one attached hydrogen (secondary N) is 1. The maximum absolute atomic E-state index is 11.6. The van der Waals surface area contributed by atoms with Gasteiger partial charge in [-0.3, -0.25) is 4.79 Å². The van der Waals surface area contributed by atoms with Gasteiger partial charge in [0.2, 0.25) is 5.91 Å². The van der Waals surface area contributed by atoms with Gasteiger partial charge in [-0.1, -0.05) is 24.3 Å². The highest BCUT2D eigenvalue weighted by atomic mass is 16.2. The zero-order chi connectivity index (χ0) is 16.1. The highest BCUT2D eigenvalue weighted by Gasteiger charge is 2.19. The Labute approximate surface area is 135 Å². The maximum Gasteiger partial charge on any atom is 0.222 e. The Morgan fingerprint density at radius 3 is 2.70 bits per heavy atom. The van der Waals surface area contributed by atoms with E-state index in [1.807, 2.05) is 29.2 Å². The van der Waals surface area contributed by atoms with Gasteiger partial charge in [-0.2, -0.15) is 5.26 Å². The lowest BCUT2D eigenvalue weighted by atomic mass is 10.1. The first-order valence-electron chi connectivity index (χ1n) is 7.71. The fourth-order valence-electron chi connectivity index (χ4n) is 2.68. The number of anilines is 1.